The van der Waals surface area contributed by atoms with E-state index in [0.29, 0.717) is 40.7 Å². The van der Waals surface area contributed by atoms with Crippen molar-refractivity contribution in [3.05, 3.63) is 63.8 Å². The Morgan fingerprint density at radius 2 is 1.82 bits per heavy atom. The largest absolute Gasteiger partial charge is 0.486 e. The number of thiophene rings is 1. The molecule has 0 atom stereocenters. The van der Waals surface area contributed by atoms with Gasteiger partial charge in [0, 0.05) is 28.9 Å². The van der Waals surface area contributed by atoms with Gasteiger partial charge in [-0.15, -0.1) is 11.3 Å². The van der Waals surface area contributed by atoms with Gasteiger partial charge in [0.25, 0.3) is 11.5 Å². The number of amides is 1. The normalized spacial score (nSPS) is 13.0. The zero-order valence-corrected chi connectivity index (χ0v) is 15.8. The van der Waals surface area contributed by atoms with E-state index in [-0.39, 0.29) is 11.5 Å². The fourth-order valence-electron chi connectivity index (χ4n) is 3.42. The van der Waals surface area contributed by atoms with E-state index in [1.165, 1.54) is 11.3 Å². The smallest absolute Gasteiger partial charge is 0.265 e. The highest BCUT2D eigenvalue weighted by atomic mass is 32.1. The van der Waals surface area contributed by atoms with Crippen LogP contribution < -0.4 is 20.3 Å². The number of carbonyl (C=O) groups excluding carboxylic acids is 1. The van der Waals surface area contributed by atoms with Crippen molar-refractivity contribution in [3.63, 3.8) is 0 Å². The van der Waals surface area contributed by atoms with Gasteiger partial charge in [-0.3, -0.25) is 9.59 Å². The van der Waals surface area contributed by atoms with E-state index in [2.05, 4.69) is 5.32 Å². The van der Waals surface area contributed by atoms with Gasteiger partial charge >= 0.3 is 0 Å². The van der Waals surface area contributed by atoms with Crippen molar-refractivity contribution >= 4 is 43.9 Å². The van der Waals surface area contributed by atoms with Crippen molar-refractivity contribution in [1.82, 2.24) is 4.57 Å². The molecule has 140 valence electrons. The number of para-hydroxylation sites is 1. The molecule has 1 N–H and O–H groups in total. The first-order chi connectivity index (χ1) is 13.6. The molecule has 0 spiro atoms. The molecule has 1 amide bonds. The lowest BCUT2D eigenvalue weighted by Crippen LogP contribution is -2.16. The Balaban J connectivity index is 1.54. The first-order valence-corrected chi connectivity index (χ1v) is 9.66. The van der Waals surface area contributed by atoms with Crippen molar-refractivity contribution in [1.29, 1.82) is 0 Å². The Morgan fingerprint density at radius 1 is 1.04 bits per heavy atom. The summed E-state index contributed by atoms with van der Waals surface area (Å²) in [6, 6.07) is 14.7. The SMILES string of the molecule is Cn1c(=O)c2cc(C(=O)Nc3ccc4c(c3)OCCO4)sc2c2ccccc21. The summed E-state index contributed by atoms with van der Waals surface area (Å²) in [6.07, 6.45) is 0. The highest BCUT2D eigenvalue weighted by molar-refractivity contribution is 7.21. The van der Waals surface area contributed by atoms with Crippen LogP contribution in [0.1, 0.15) is 9.67 Å². The summed E-state index contributed by atoms with van der Waals surface area (Å²) in [4.78, 5) is 26.0. The molecule has 2 aromatic carbocycles. The Morgan fingerprint density at radius 3 is 2.68 bits per heavy atom. The van der Waals surface area contributed by atoms with Crippen molar-refractivity contribution in [2.24, 2.45) is 7.05 Å². The number of hydrogen-bond acceptors (Lipinski definition) is 5. The standard InChI is InChI=1S/C21H16N2O4S/c1-23-15-5-3-2-4-13(15)19-14(21(23)25)11-18(28-19)20(24)22-12-6-7-16-17(10-12)27-9-8-26-16/h2-7,10-11H,8-9H2,1H3,(H,22,24). The molecule has 0 saturated heterocycles. The Hall–Kier alpha value is -3.32. The summed E-state index contributed by atoms with van der Waals surface area (Å²) < 4.78 is 13.5. The summed E-state index contributed by atoms with van der Waals surface area (Å²) in [7, 11) is 1.75. The number of carbonyl (C=O) groups is 1. The highest BCUT2D eigenvalue weighted by Gasteiger charge is 2.17. The zero-order chi connectivity index (χ0) is 19.3. The van der Waals surface area contributed by atoms with Gasteiger partial charge in [0.2, 0.25) is 0 Å². The minimum Gasteiger partial charge on any atom is -0.486 e. The van der Waals surface area contributed by atoms with Crippen molar-refractivity contribution in [2.45, 2.75) is 0 Å². The zero-order valence-electron chi connectivity index (χ0n) is 15.0. The Kier molecular flexibility index (Phi) is 3.84. The number of aromatic nitrogens is 1. The fraction of sp³-hybridized carbons (Fsp3) is 0.143. The fourth-order valence-corrected chi connectivity index (χ4v) is 4.50. The number of aryl methyl sites for hydroxylation is 1. The molecule has 6 nitrogen and oxygen atoms in total. The minimum atomic E-state index is -0.260. The van der Waals surface area contributed by atoms with Gasteiger partial charge in [0.15, 0.2) is 11.5 Å². The number of rotatable bonds is 2. The van der Waals surface area contributed by atoms with E-state index >= 15 is 0 Å². The van der Waals surface area contributed by atoms with E-state index in [9.17, 15) is 9.59 Å². The Bertz CT molecular complexity index is 1310. The first kappa shape index (κ1) is 16.8. The van der Waals surface area contributed by atoms with Gasteiger partial charge in [-0.2, -0.15) is 0 Å². The number of pyridine rings is 1. The second kappa shape index (κ2) is 6.38. The Labute approximate surface area is 163 Å². The number of benzene rings is 2. The monoisotopic (exact) mass is 392 g/mol. The molecule has 2 aromatic heterocycles. The number of nitrogens with one attached hydrogen (secondary N) is 1. The van der Waals surface area contributed by atoms with Gasteiger partial charge in [0.1, 0.15) is 13.2 Å². The molecule has 0 radical (unpaired) electrons. The van der Waals surface area contributed by atoms with Gasteiger partial charge in [0.05, 0.1) is 15.8 Å². The predicted molar refractivity (Wildman–Crippen MR) is 110 cm³/mol. The number of nitrogens with zero attached hydrogens (tertiary/aromatic N) is 1. The van der Waals surface area contributed by atoms with E-state index in [1.54, 1.807) is 35.9 Å². The third kappa shape index (κ3) is 2.63. The third-order valence-electron chi connectivity index (χ3n) is 4.80. The number of hydrogen-bond donors (Lipinski definition) is 1. The lowest BCUT2D eigenvalue weighted by Gasteiger charge is -2.18. The molecular weight excluding hydrogens is 376 g/mol. The molecule has 0 fully saturated rings. The second-order valence-electron chi connectivity index (χ2n) is 6.55. The van der Waals surface area contributed by atoms with E-state index < -0.39 is 0 Å². The summed E-state index contributed by atoms with van der Waals surface area (Å²) in [5.41, 5.74) is 1.36. The van der Waals surface area contributed by atoms with Crippen LogP contribution in [0, 0.1) is 0 Å². The van der Waals surface area contributed by atoms with Gasteiger partial charge in [-0.05, 0) is 24.3 Å². The predicted octanol–water partition coefficient (Wildman–Crippen LogP) is 3.78. The number of anilines is 1. The average molecular weight is 392 g/mol. The average Bonchev–Trinajstić information content (AvgIpc) is 3.18. The van der Waals surface area contributed by atoms with E-state index in [0.717, 1.165) is 15.6 Å². The van der Waals surface area contributed by atoms with Crippen LogP contribution in [0.2, 0.25) is 0 Å². The third-order valence-corrected chi connectivity index (χ3v) is 5.97. The topological polar surface area (TPSA) is 69.6 Å². The lowest BCUT2D eigenvalue weighted by molar-refractivity contribution is 0.103. The molecule has 0 unspecified atom stereocenters. The van der Waals surface area contributed by atoms with Crippen LogP contribution >= 0.6 is 11.3 Å². The van der Waals surface area contributed by atoms with Gasteiger partial charge in [-0.1, -0.05) is 18.2 Å². The van der Waals surface area contributed by atoms with Gasteiger partial charge < -0.3 is 19.4 Å². The van der Waals surface area contributed by atoms with Gasteiger partial charge in [-0.25, -0.2) is 0 Å². The molecular formula is C21H16N2O4S. The maximum Gasteiger partial charge on any atom is 0.265 e. The molecule has 0 aliphatic carbocycles. The number of ether oxygens (including phenoxy) is 2. The van der Waals surface area contributed by atoms with Crippen molar-refractivity contribution in [3.8, 4) is 11.5 Å². The quantitative estimate of drug-likeness (QED) is 0.564. The first-order valence-electron chi connectivity index (χ1n) is 8.84. The van der Waals surface area contributed by atoms with Crippen molar-refractivity contribution in [2.75, 3.05) is 18.5 Å². The van der Waals surface area contributed by atoms with Crippen LogP contribution in [-0.4, -0.2) is 23.7 Å². The maximum absolute atomic E-state index is 12.8. The lowest BCUT2D eigenvalue weighted by atomic mass is 10.1. The van der Waals surface area contributed by atoms with Crippen LogP contribution in [0.4, 0.5) is 5.69 Å². The molecule has 1 aliphatic rings. The molecule has 5 rings (SSSR count). The van der Waals surface area contributed by atoms with E-state index in [4.69, 9.17) is 9.47 Å². The maximum atomic E-state index is 12.8. The molecule has 0 saturated carbocycles. The number of fused-ring (bicyclic) bond motifs is 4. The summed E-state index contributed by atoms with van der Waals surface area (Å²) in [6.45, 7) is 1.00. The molecule has 3 heterocycles. The summed E-state index contributed by atoms with van der Waals surface area (Å²) in [5.74, 6) is 1.02. The highest BCUT2D eigenvalue weighted by Crippen LogP contribution is 2.34. The van der Waals surface area contributed by atoms with Crippen LogP contribution in [0.25, 0.3) is 21.0 Å². The van der Waals surface area contributed by atoms with Crippen LogP contribution in [0.15, 0.2) is 53.3 Å². The molecule has 28 heavy (non-hydrogen) atoms. The van der Waals surface area contributed by atoms with Crippen molar-refractivity contribution < 1.29 is 14.3 Å². The molecule has 4 aromatic rings. The minimum absolute atomic E-state index is 0.108. The summed E-state index contributed by atoms with van der Waals surface area (Å²) in [5, 5.41) is 4.39. The molecule has 1 aliphatic heterocycles. The van der Waals surface area contributed by atoms with E-state index in [1.807, 2.05) is 24.3 Å². The molecule has 7 heteroatoms. The second-order valence-corrected chi connectivity index (χ2v) is 7.60. The van der Waals surface area contributed by atoms with Crippen LogP contribution in [0.3, 0.4) is 0 Å². The van der Waals surface area contributed by atoms with Crippen LogP contribution in [-0.2, 0) is 7.05 Å². The summed E-state index contributed by atoms with van der Waals surface area (Å²) >= 11 is 1.32. The molecule has 0 bridgehead atoms. The van der Waals surface area contributed by atoms with Crippen LogP contribution in [0.5, 0.6) is 11.5 Å².